The third-order valence-corrected chi connectivity index (χ3v) is 6.17. The Hall–Kier alpha value is -2.80. The van der Waals surface area contributed by atoms with Gasteiger partial charge in [0.2, 0.25) is 0 Å². The fourth-order valence-corrected chi connectivity index (χ4v) is 4.27. The molecular formula is C22H25N5OS. The van der Waals surface area contributed by atoms with Crippen molar-refractivity contribution in [2.75, 3.05) is 5.32 Å². The average Bonchev–Trinajstić information content (AvgIpc) is 3.14. The lowest BCUT2D eigenvalue weighted by Gasteiger charge is -2.15. The van der Waals surface area contributed by atoms with Gasteiger partial charge in [0.25, 0.3) is 0 Å². The van der Waals surface area contributed by atoms with E-state index in [1.165, 1.54) is 16.0 Å². The molecule has 1 aliphatic rings. The van der Waals surface area contributed by atoms with Crippen LogP contribution in [0.3, 0.4) is 0 Å². The lowest BCUT2D eigenvalue weighted by molar-refractivity contribution is 0.251. The highest BCUT2D eigenvalue weighted by Gasteiger charge is 2.16. The van der Waals surface area contributed by atoms with Gasteiger partial charge in [-0.2, -0.15) is 0 Å². The zero-order chi connectivity index (χ0) is 20.2. The second-order valence-corrected chi connectivity index (χ2v) is 8.47. The zero-order valence-corrected chi connectivity index (χ0v) is 17.6. The summed E-state index contributed by atoms with van der Waals surface area (Å²) < 4.78 is 2.11. The minimum Gasteiger partial charge on any atom is -0.331 e. The van der Waals surface area contributed by atoms with E-state index < -0.39 is 0 Å². The molecule has 1 aliphatic heterocycles. The largest absolute Gasteiger partial charge is 0.331 e. The average molecular weight is 408 g/mol. The van der Waals surface area contributed by atoms with Crippen molar-refractivity contribution in [3.05, 3.63) is 65.2 Å². The van der Waals surface area contributed by atoms with Gasteiger partial charge in [-0.3, -0.25) is 0 Å². The van der Waals surface area contributed by atoms with Crippen LogP contribution in [0.1, 0.15) is 35.6 Å². The van der Waals surface area contributed by atoms with Crippen molar-refractivity contribution in [1.82, 2.24) is 20.1 Å². The lowest BCUT2D eigenvalue weighted by Crippen LogP contribution is -2.29. The van der Waals surface area contributed by atoms with Gasteiger partial charge in [-0.1, -0.05) is 17.8 Å². The molecule has 0 saturated carbocycles. The fraction of sp³-hybridized carbons (Fsp3) is 0.318. The van der Waals surface area contributed by atoms with Crippen LogP contribution in [0.4, 0.5) is 10.5 Å². The molecule has 1 aromatic heterocycles. The summed E-state index contributed by atoms with van der Waals surface area (Å²) in [4.78, 5) is 14.6. The van der Waals surface area contributed by atoms with Crippen LogP contribution in [0.2, 0.25) is 0 Å². The summed E-state index contributed by atoms with van der Waals surface area (Å²) >= 11 is 1.71. The van der Waals surface area contributed by atoms with Crippen molar-refractivity contribution in [3.8, 4) is 0 Å². The van der Waals surface area contributed by atoms with Crippen molar-refractivity contribution in [3.63, 3.8) is 0 Å². The van der Waals surface area contributed by atoms with E-state index in [1.54, 1.807) is 11.8 Å². The van der Waals surface area contributed by atoms with Crippen LogP contribution < -0.4 is 10.6 Å². The number of carbonyl (C=O) groups excluding carboxylic acids is 1. The Labute approximate surface area is 175 Å². The number of fused-ring (bicyclic) bond motifs is 1. The number of anilines is 1. The first-order valence-electron chi connectivity index (χ1n) is 9.89. The van der Waals surface area contributed by atoms with E-state index in [4.69, 9.17) is 0 Å². The second kappa shape index (κ2) is 8.69. The molecule has 2 amide bonds. The molecule has 0 radical (unpaired) electrons. The Balaban J connectivity index is 1.30. The summed E-state index contributed by atoms with van der Waals surface area (Å²) in [6.07, 6.45) is 3.26. The van der Waals surface area contributed by atoms with Crippen molar-refractivity contribution >= 4 is 23.5 Å². The van der Waals surface area contributed by atoms with Gasteiger partial charge in [0.1, 0.15) is 5.82 Å². The first-order valence-corrected chi connectivity index (χ1v) is 10.7. The third kappa shape index (κ3) is 4.79. The second-order valence-electron chi connectivity index (χ2n) is 7.32. The van der Waals surface area contributed by atoms with Gasteiger partial charge in [0.05, 0.1) is 6.54 Å². The molecule has 0 bridgehead atoms. The molecule has 0 fully saturated rings. The number of aromatic nitrogens is 3. The normalized spacial score (nSPS) is 13.0. The Morgan fingerprint density at radius 2 is 1.83 bits per heavy atom. The maximum atomic E-state index is 12.2. The molecule has 3 aromatic rings. The maximum absolute atomic E-state index is 12.2. The predicted molar refractivity (Wildman–Crippen MR) is 115 cm³/mol. The predicted octanol–water partition coefficient (Wildman–Crippen LogP) is 4.70. The minimum absolute atomic E-state index is 0.243. The topological polar surface area (TPSA) is 71.8 Å². The van der Waals surface area contributed by atoms with Crippen LogP contribution in [-0.2, 0) is 19.5 Å². The summed E-state index contributed by atoms with van der Waals surface area (Å²) in [6.45, 7) is 5.55. The highest BCUT2D eigenvalue weighted by atomic mass is 32.2. The van der Waals surface area contributed by atoms with Gasteiger partial charge < -0.3 is 15.2 Å². The van der Waals surface area contributed by atoms with E-state index in [0.717, 1.165) is 48.0 Å². The molecule has 0 spiro atoms. The molecule has 2 N–H and O–H groups in total. The number of amides is 2. The van der Waals surface area contributed by atoms with E-state index in [2.05, 4.69) is 57.4 Å². The molecule has 2 heterocycles. The van der Waals surface area contributed by atoms with Crippen LogP contribution in [-0.4, -0.2) is 20.8 Å². The molecule has 0 aliphatic carbocycles. The summed E-state index contributed by atoms with van der Waals surface area (Å²) in [5.74, 6) is 1.83. The number of nitrogens with zero attached hydrogens (tertiary/aromatic N) is 3. The van der Waals surface area contributed by atoms with E-state index in [0.29, 0.717) is 6.54 Å². The number of aryl methyl sites for hydroxylation is 3. The molecule has 0 saturated heterocycles. The standard InChI is InChI=1S/C22H25N5OS/c1-15-6-9-19(13-16(15)2)29-18-10-7-17(8-11-18)24-22(28)23-14-21-26-25-20-5-3-4-12-27(20)21/h6-11,13H,3-5,12,14H2,1-2H3,(H2,23,24,28). The van der Waals surface area contributed by atoms with Crippen LogP contribution in [0.25, 0.3) is 0 Å². The fourth-order valence-electron chi connectivity index (χ4n) is 3.35. The SMILES string of the molecule is Cc1ccc(Sc2ccc(NC(=O)NCc3nnc4n3CCCC4)cc2)cc1C. The summed E-state index contributed by atoms with van der Waals surface area (Å²) in [5, 5.41) is 14.2. The van der Waals surface area contributed by atoms with E-state index in [-0.39, 0.29) is 6.03 Å². The Morgan fingerprint density at radius 1 is 1.03 bits per heavy atom. The Kier molecular flexibility index (Phi) is 5.85. The molecule has 29 heavy (non-hydrogen) atoms. The van der Waals surface area contributed by atoms with Crippen molar-refractivity contribution in [1.29, 1.82) is 0 Å². The first-order chi connectivity index (χ1) is 14.1. The van der Waals surface area contributed by atoms with Crippen LogP contribution >= 0.6 is 11.8 Å². The molecule has 7 heteroatoms. The summed E-state index contributed by atoms with van der Waals surface area (Å²) in [7, 11) is 0. The van der Waals surface area contributed by atoms with Gasteiger partial charge >= 0.3 is 6.03 Å². The van der Waals surface area contributed by atoms with Gasteiger partial charge in [-0.15, -0.1) is 10.2 Å². The van der Waals surface area contributed by atoms with Gasteiger partial charge in [0, 0.05) is 28.4 Å². The summed E-state index contributed by atoms with van der Waals surface area (Å²) in [5.41, 5.74) is 3.35. The molecular weight excluding hydrogens is 382 g/mol. The van der Waals surface area contributed by atoms with Crippen molar-refractivity contribution in [2.24, 2.45) is 0 Å². The minimum atomic E-state index is -0.243. The number of hydrogen-bond acceptors (Lipinski definition) is 4. The zero-order valence-electron chi connectivity index (χ0n) is 16.7. The van der Waals surface area contributed by atoms with Crippen LogP contribution in [0, 0.1) is 13.8 Å². The van der Waals surface area contributed by atoms with Crippen molar-refractivity contribution < 1.29 is 4.79 Å². The van der Waals surface area contributed by atoms with Gasteiger partial charge in [-0.25, -0.2) is 4.79 Å². The van der Waals surface area contributed by atoms with E-state index in [9.17, 15) is 4.79 Å². The quantitative estimate of drug-likeness (QED) is 0.643. The smallest absolute Gasteiger partial charge is 0.319 e. The van der Waals surface area contributed by atoms with E-state index in [1.807, 2.05) is 24.3 Å². The number of benzene rings is 2. The first kappa shape index (κ1) is 19.5. The Bertz CT molecular complexity index is 1010. The van der Waals surface area contributed by atoms with E-state index >= 15 is 0 Å². The lowest BCUT2D eigenvalue weighted by atomic mass is 10.1. The van der Waals surface area contributed by atoms with Gasteiger partial charge in [0.15, 0.2) is 5.82 Å². The molecule has 4 rings (SSSR count). The highest BCUT2D eigenvalue weighted by Crippen LogP contribution is 2.29. The van der Waals surface area contributed by atoms with Crippen molar-refractivity contribution in [2.45, 2.75) is 56.0 Å². The molecule has 6 nitrogen and oxygen atoms in total. The molecule has 0 unspecified atom stereocenters. The number of nitrogens with one attached hydrogen (secondary N) is 2. The molecule has 0 atom stereocenters. The Morgan fingerprint density at radius 3 is 2.62 bits per heavy atom. The highest BCUT2D eigenvalue weighted by molar-refractivity contribution is 7.99. The molecule has 2 aromatic carbocycles. The van der Waals surface area contributed by atoms with Gasteiger partial charge in [-0.05, 0) is 74.2 Å². The third-order valence-electron chi connectivity index (χ3n) is 5.17. The number of carbonyl (C=O) groups is 1. The summed E-state index contributed by atoms with van der Waals surface area (Å²) in [6, 6.07) is 14.1. The van der Waals surface area contributed by atoms with Crippen LogP contribution in [0.15, 0.2) is 52.3 Å². The number of rotatable bonds is 5. The number of hydrogen-bond donors (Lipinski definition) is 2. The molecule has 150 valence electrons. The number of urea groups is 1. The van der Waals surface area contributed by atoms with Crippen LogP contribution in [0.5, 0.6) is 0 Å². The monoisotopic (exact) mass is 407 g/mol. The maximum Gasteiger partial charge on any atom is 0.319 e.